The molecule has 4 rings (SSSR count). The Morgan fingerprint density at radius 1 is 1.33 bits per heavy atom. The van der Waals surface area contributed by atoms with E-state index in [0.29, 0.717) is 25.3 Å². The van der Waals surface area contributed by atoms with Crippen molar-refractivity contribution in [2.24, 2.45) is 0 Å². The largest absolute Gasteiger partial charge is 0.351 e. The number of nitrogens with one attached hydrogen (secondary N) is 2. The molecule has 1 aliphatic carbocycles. The van der Waals surface area contributed by atoms with Gasteiger partial charge in [-0.2, -0.15) is 5.10 Å². The molecule has 3 aromatic heterocycles. The molecule has 0 spiro atoms. The van der Waals surface area contributed by atoms with Crippen LogP contribution in [0, 0.1) is 6.92 Å². The first-order valence-corrected chi connectivity index (χ1v) is 10.9. The van der Waals surface area contributed by atoms with E-state index in [9.17, 15) is 8.78 Å². The minimum atomic E-state index is -1.08. The van der Waals surface area contributed by atoms with E-state index in [2.05, 4.69) is 38.9 Å². The molecule has 33 heavy (non-hydrogen) atoms. The predicted octanol–water partition coefficient (Wildman–Crippen LogP) is 5.01. The van der Waals surface area contributed by atoms with Crippen LogP contribution in [-0.2, 0) is 0 Å². The van der Waals surface area contributed by atoms with E-state index < -0.39 is 11.3 Å². The third kappa shape index (κ3) is 6.44. The van der Waals surface area contributed by atoms with Crippen molar-refractivity contribution in [2.45, 2.75) is 45.0 Å². The van der Waals surface area contributed by atoms with Crippen LogP contribution in [0.3, 0.4) is 0 Å². The quantitative estimate of drug-likeness (QED) is 0.501. The number of halogens is 2. The van der Waals surface area contributed by atoms with Crippen molar-refractivity contribution in [3.63, 3.8) is 0 Å². The molecule has 1 fully saturated rings. The Hall–Kier alpha value is -3.13. The van der Waals surface area contributed by atoms with Gasteiger partial charge in [-0.3, -0.25) is 0 Å². The summed E-state index contributed by atoms with van der Waals surface area (Å²) < 4.78 is 27.9. The summed E-state index contributed by atoms with van der Waals surface area (Å²) in [6, 6.07) is 3.98. The highest BCUT2D eigenvalue weighted by Crippen LogP contribution is 2.39. The second-order valence-electron chi connectivity index (χ2n) is 8.97. The summed E-state index contributed by atoms with van der Waals surface area (Å²) in [5.74, 6) is 0.447. The Labute approximate surface area is 193 Å². The predicted molar refractivity (Wildman–Crippen MR) is 131 cm³/mol. The van der Waals surface area contributed by atoms with Crippen LogP contribution in [0.2, 0.25) is 0 Å². The lowest BCUT2D eigenvalue weighted by Crippen LogP contribution is -2.27. The Balaban J connectivity index is 0.000000383. The van der Waals surface area contributed by atoms with Gasteiger partial charge >= 0.3 is 0 Å². The highest BCUT2D eigenvalue weighted by molar-refractivity contribution is 5.82. The molecule has 0 atom stereocenters. The Kier molecular flexibility index (Phi) is 7.27. The SMILES string of the molecule is C=Cc1cnn2ccc(C(=C)c3cnc(NCC4(F)CC4)nc3C)cc12.CNCC(C)(C)F. The Morgan fingerprint density at radius 3 is 2.61 bits per heavy atom. The number of alkyl halides is 2. The topological polar surface area (TPSA) is 67.1 Å². The fourth-order valence-electron chi connectivity index (χ4n) is 3.32. The molecule has 0 aromatic carbocycles. The molecule has 8 heteroatoms. The highest BCUT2D eigenvalue weighted by Gasteiger charge is 2.43. The molecule has 0 bridgehead atoms. The summed E-state index contributed by atoms with van der Waals surface area (Å²) in [6.07, 6.45) is 8.41. The van der Waals surface area contributed by atoms with E-state index in [1.165, 1.54) is 0 Å². The smallest absolute Gasteiger partial charge is 0.222 e. The molecule has 0 aliphatic heterocycles. The zero-order valence-electron chi connectivity index (χ0n) is 19.8. The van der Waals surface area contributed by atoms with Gasteiger partial charge < -0.3 is 10.6 Å². The third-order valence-electron chi connectivity index (χ3n) is 5.38. The number of aromatic nitrogens is 4. The molecular weight excluding hydrogens is 422 g/mol. The van der Waals surface area contributed by atoms with Crippen LogP contribution < -0.4 is 10.6 Å². The van der Waals surface area contributed by atoms with Gasteiger partial charge in [-0.05, 0) is 63.9 Å². The van der Waals surface area contributed by atoms with Crippen molar-refractivity contribution in [2.75, 3.05) is 25.5 Å². The maximum absolute atomic E-state index is 13.7. The molecule has 3 aromatic rings. The lowest BCUT2D eigenvalue weighted by molar-refractivity contribution is 0.215. The summed E-state index contributed by atoms with van der Waals surface area (Å²) in [5.41, 5.74) is 3.25. The van der Waals surface area contributed by atoms with Gasteiger partial charge in [0.05, 0.1) is 24.0 Å². The average molecular weight is 455 g/mol. The van der Waals surface area contributed by atoms with Crippen molar-refractivity contribution >= 4 is 23.1 Å². The fraction of sp³-hybridized carbons (Fsp3) is 0.400. The van der Waals surface area contributed by atoms with Crippen molar-refractivity contribution in [3.05, 3.63) is 66.3 Å². The molecule has 2 N–H and O–H groups in total. The van der Waals surface area contributed by atoms with Crippen LogP contribution in [0.25, 0.3) is 17.2 Å². The molecule has 1 saturated carbocycles. The first-order chi connectivity index (χ1) is 15.5. The molecule has 3 heterocycles. The summed E-state index contributed by atoms with van der Waals surface area (Å²) in [6.45, 7) is 13.7. The number of hydrogen-bond acceptors (Lipinski definition) is 5. The van der Waals surface area contributed by atoms with E-state index in [1.54, 1.807) is 43.9 Å². The van der Waals surface area contributed by atoms with E-state index in [0.717, 1.165) is 33.5 Å². The molecule has 0 saturated heterocycles. The van der Waals surface area contributed by atoms with Gasteiger partial charge in [-0.15, -0.1) is 0 Å². The van der Waals surface area contributed by atoms with E-state index in [1.807, 2.05) is 25.3 Å². The standard InChI is InChI=1S/C20H20FN5.C5H12FN/c1-4-15-10-24-26-8-5-16(9-18(15)26)13(2)17-11-22-19(25-14(17)3)23-12-20(21)6-7-20;1-5(2,6)4-7-3/h4-5,8-11H,1-2,6-7,12H2,3H3,(H,22,23,25);7H,4H2,1-3H3. The highest BCUT2D eigenvalue weighted by atomic mass is 19.1. The third-order valence-corrected chi connectivity index (χ3v) is 5.38. The second-order valence-corrected chi connectivity index (χ2v) is 8.97. The summed E-state index contributed by atoms with van der Waals surface area (Å²) >= 11 is 0. The van der Waals surface area contributed by atoms with Crippen LogP contribution in [0.1, 0.15) is 49.1 Å². The number of hydrogen-bond donors (Lipinski definition) is 2. The van der Waals surface area contributed by atoms with Crippen LogP contribution in [0.5, 0.6) is 0 Å². The van der Waals surface area contributed by atoms with E-state index in [4.69, 9.17) is 0 Å². The van der Waals surface area contributed by atoms with Crippen molar-refractivity contribution < 1.29 is 8.78 Å². The lowest BCUT2D eigenvalue weighted by atomic mass is 10.00. The zero-order chi connectivity index (χ0) is 24.2. The van der Waals surface area contributed by atoms with Gasteiger partial charge in [-0.25, -0.2) is 23.3 Å². The minimum Gasteiger partial charge on any atom is -0.351 e. The van der Waals surface area contributed by atoms with Crippen molar-refractivity contribution in [3.8, 4) is 0 Å². The van der Waals surface area contributed by atoms with Gasteiger partial charge in [0.25, 0.3) is 0 Å². The van der Waals surface area contributed by atoms with Crippen LogP contribution in [0.4, 0.5) is 14.7 Å². The molecule has 0 unspecified atom stereocenters. The van der Waals surface area contributed by atoms with Gasteiger partial charge in [0.15, 0.2) is 0 Å². The molecule has 0 radical (unpaired) electrons. The van der Waals surface area contributed by atoms with Gasteiger partial charge in [0, 0.05) is 30.1 Å². The Morgan fingerprint density at radius 2 is 2.06 bits per heavy atom. The number of nitrogens with zero attached hydrogens (tertiary/aromatic N) is 4. The van der Waals surface area contributed by atoms with Crippen LogP contribution >= 0.6 is 0 Å². The first-order valence-electron chi connectivity index (χ1n) is 10.9. The lowest BCUT2D eigenvalue weighted by Gasteiger charge is -2.12. The first kappa shape index (κ1) is 24.5. The number of aryl methyl sites for hydroxylation is 1. The van der Waals surface area contributed by atoms with Gasteiger partial charge in [0.1, 0.15) is 11.3 Å². The van der Waals surface area contributed by atoms with Gasteiger partial charge in [0.2, 0.25) is 5.95 Å². The van der Waals surface area contributed by atoms with E-state index in [-0.39, 0.29) is 6.54 Å². The van der Waals surface area contributed by atoms with Crippen molar-refractivity contribution in [1.82, 2.24) is 24.9 Å². The summed E-state index contributed by atoms with van der Waals surface area (Å²) in [5, 5.41) is 10.0. The monoisotopic (exact) mass is 454 g/mol. The average Bonchev–Trinajstić information content (AvgIpc) is 3.35. The maximum Gasteiger partial charge on any atom is 0.222 e. The molecule has 0 amide bonds. The molecule has 6 nitrogen and oxygen atoms in total. The number of anilines is 1. The number of pyridine rings is 1. The molecule has 1 aliphatic rings. The number of rotatable bonds is 8. The second kappa shape index (κ2) is 9.79. The van der Waals surface area contributed by atoms with E-state index >= 15 is 0 Å². The fourth-order valence-corrected chi connectivity index (χ4v) is 3.32. The molecular formula is C25H32F2N6. The Bertz CT molecular complexity index is 1140. The van der Waals surface area contributed by atoms with Crippen molar-refractivity contribution in [1.29, 1.82) is 0 Å². The number of fused-ring (bicyclic) bond motifs is 1. The normalized spacial score (nSPS) is 14.4. The van der Waals surface area contributed by atoms with Crippen LogP contribution in [-0.4, -0.2) is 51.1 Å². The van der Waals surface area contributed by atoms with Crippen LogP contribution in [0.15, 0.2) is 43.9 Å². The maximum atomic E-state index is 13.7. The van der Waals surface area contributed by atoms with Gasteiger partial charge in [-0.1, -0.05) is 19.2 Å². The summed E-state index contributed by atoms with van der Waals surface area (Å²) in [4.78, 5) is 8.77. The zero-order valence-corrected chi connectivity index (χ0v) is 19.8. The minimum absolute atomic E-state index is 0.259. The molecule has 176 valence electrons. The summed E-state index contributed by atoms with van der Waals surface area (Å²) in [7, 11) is 1.74.